The average molecular weight is 360 g/mol. The summed E-state index contributed by atoms with van der Waals surface area (Å²) in [5.74, 6) is -0.455. The lowest BCUT2D eigenvalue weighted by Gasteiger charge is -2.22. The Balaban J connectivity index is 2.95. The Labute approximate surface area is 145 Å². The summed E-state index contributed by atoms with van der Waals surface area (Å²) >= 11 is 6.10. The van der Waals surface area contributed by atoms with Crippen molar-refractivity contribution in [1.82, 2.24) is 5.32 Å². The van der Waals surface area contributed by atoms with E-state index in [1.165, 1.54) is 14.2 Å². The van der Waals surface area contributed by atoms with Crippen LogP contribution < -0.4 is 14.8 Å². The fourth-order valence-corrected chi connectivity index (χ4v) is 2.29. The van der Waals surface area contributed by atoms with Gasteiger partial charge in [0.05, 0.1) is 19.2 Å². The van der Waals surface area contributed by atoms with Gasteiger partial charge in [-0.3, -0.25) is 0 Å². The molecule has 0 saturated carbocycles. The Bertz CT molecular complexity index is 611. The molecule has 0 aliphatic rings. The molecule has 1 aromatic rings. The van der Waals surface area contributed by atoms with Crippen molar-refractivity contribution in [3.8, 4) is 11.5 Å². The number of benzene rings is 1. The lowest BCUT2D eigenvalue weighted by molar-refractivity contribution is -0.139. The molecule has 0 saturated heterocycles. The number of carbonyl (C=O) groups excluding carboxylic acids is 1. The first kappa shape index (κ1) is 19.9. The molecule has 0 aliphatic heterocycles. The van der Waals surface area contributed by atoms with Crippen LogP contribution in [-0.2, 0) is 16.0 Å². The fourth-order valence-electron chi connectivity index (χ4n) is 1.97. The van der Waals surface area contributed by atoms with Gasteiger partial charge in [0.2, 0.25) is 0 Å². The van der Waals surface area contributed by atoms with Gasteiger partial charge in [-0.2, -0.15) is 0 Å². The van der Waals surface area contributed by atoms with E-state index >= 15 is 0 Å². The van der Waals surface area contributed by atoms with Crippen LogP contribution in [0.3, 0.4) is 0 Å². The summed E-state index contributed by atoms with van der Waals surface area (Å²) in [7, 11) is 2.90. The third kappa shape index (κ3) is 5.81. The van der Waals surface area contributed by atoms with Crippen molar-refractivity contribution in [2.24, 2.45) is 0 Å². The highest BCUT2D eigenvalue weighted by molar-refractivity contribution is 6.32. The highest BCUT2D eigenvalue weighted by Gasteiger charge is 2.25. The molecule has 0 radical (unpaired) electrons. The SMILES string of the molecule is COc1cc(CC(NC(=O)OC(C)(C)C)C(=O)O)cc(Cl)c1OC. The van der Waals surface area contributed by atoms with Gasteiger partial charge in [-0.1, -0.05) is 11.6 Å². The van der Waals surface area contributed by atoms with Gasteiger partial charge in [0.25, 0.3) is 0 Å². The van der Waals surface area contributed by atoms with Crippen LogP contribution in [0.4, 0.5) is 4.79 Å². The summed E-state index contributed by atoms with van der Waals surface area (Å²) in [4.78, 5) is 23.2. The number of nitrogens with one attached hydrogen (secondary N) is 1. The first-order chi connectivity index (χ1) is 11.1. The highest BCUT2D eigenvalue weighted by atomic mass is 35.5. The molecule has 0 aromatic heterocycles. The molecule has 0 bridgehead atoms. The smallest absolute Gasteiger partial charge is 0.408 e. The molecule has 2 N–H and O–H groups in total. The zero-order valence-electron chi connectivity index (χ0n) is 14.3. The zero-order valence-corrected chi connectivity index (χ0v) is 15.1. The molecule has 1 rings (SSSR count). The van der Waals surface area contributed by atoms with E-state index in [4.69, 9.17) is 25.8 Å². The van der Waals surface area contributed by atoms with Crippen LogP contribution in [0.5, 0.6) is 11.5 Å². The summed E-state index contributed by atoms with van der Waals surface area (Å²) < 4.78 is 15.4. The molecule has 0 aliphatic carbocycles. The fraction of sp³-hybridized carbons (Fsp3) is 0.500. The van der Waals surface area contributed by atoms with E-state index in [9.17, 15) is 14.7 Å². The van der Waals surface area contributed by atoms with Gasteiger partial charge in [0.1, 0.15) is 11.6 Å². The van der Waals surface area contributed by atoms with Gasteiger partial charge in [0, 0.05) is 6.42 Å². The second-order valence-electron chi connectivity index (χ2n) is 6.05. The largest absolute Gasteiger partial charge is 0.493 e. The summed E-state index contributed by atoms with van der Waals surface area (Å²) in [6.45, 7) is 5.07. The van der Waals surface area contributed by atoms with Gasteiger partial charge in [0.15, 0.2) is 11.5 Å². The van der Waals surface area contributed by atoms with Gasteiger partial charge >= 0.3 is 12.1 Å². The summed E-state index contributed by atoms with van der Waals surface area (Å²) in [5, 5.41) is 11.9. The molecule has 24 heavy (non-hydrogen) atoms. The predicted molar refractivity (Wildman–Crippen MR) is 89.1 cm³/mol. The van der Waals surface area contributed by atoms with Crippen molar-refractivity contribution < 1.29 is 28.9 Å². The van der Waals surface area contributed by atoms with Crippen LogP contribution in [0.2, 0.25) is 5.02 Å². The number of ether oxygens (including phenoxy) is 3. The second-order valence-corrected chi connectivity index (χ2v) is 6.46. The molecule has 0 fully saturated rings. The van der Waals surface area contributed by atoms with E-state index in [-0.39, 0.29) is 11.4 Å². The van der Waals surface area contributed by atoms with Crippen LogP contribution in [0.25, 0.3) is 0 Å². The number of methoxy groups -OCH3 is 2. The van der Waals surface area contributed by atoms with Crippen molar-refractivity contribution >= 4 is 23.7 Å². The van der Waals surface area contributed by atoms with Crippen LogP contribution in [0.15, 0.2) is 12.1 Å². The predicted octanol–water partition coefficient (Wildman–Crippen LogP) is 2.88. The van der Waals surface area contributed by atoms with E-state index in [1.54, 1.807) is 32.9 Å². The number of hydrogen-bond donors (Lipinski definition) is 2. The van der Waals surface area contributed by atoms with Crippen molar-refractivity contribution in [2.75, 3.05) is 14.2 Å². The molecular weight excluding hydrogens is 338 g/mol. The van der Waals surface area contributed by atoms with E-state index in [0.29, 0.717) is 17.1 Å². The van der Waals surface area contributed by atoms with Crippen molar-refractivity contribution in [1.29, 1.82) is 0 Å². The Hall–Kier alpha value is -2.15. The summed E-state index contributed by atoms with van der Waals surface area (Å²) in [6.07, 6.45) is -0.796. The minimum absolute atomic E-state index is 0.00858. The molecule has 0 heterocycles. The zero-order chi connectivity index (χ0) is 18.5. The summed E-state index contributed by atoms with van der Waals surface area (Å²) in [5.41, 5.74) is -0.152. The molecule has 134 valence electrons. The van der Waals surface area contributed by atoms with Gasteiger partial charge < -0.3 is 24.6 Å². The number of carboxylic acid groups (broad SMARTS) is 1. The lowest BCUT2D eigenvalue weighted by atomic mass is 10.1. The van der Waals surface area contributed by atoms with Gasteiger partial charge in [-0.25, -0.2) is 9.59 Å². The van der Waals surface area contributed by atoms with Crippen LogP contribution >= 0.6 is 11.6 Å². The van der Waals surface area contributed by atoms with Crippen molar-refractivity contribution in [2.45, 2.75) is 38.8 Å². The number of amides is 1. The van der Waals surface area contributed by atoms with Gasteiger partial charge in [-0.05, 0) is 38.5 Å². The number of hydrogen-bond acceptors (Lipinski definition) is 5. The topological polar surface area (TPSA) is 94.1 Å². The maximum Gasteiger partial charge on any atom is 0.408 e. The first-order valence-electron chi connectivity index (χ1n) is 7.20. The number of carboxylic acids is 1. The Kier molecular flexibility index (Phi) is 6.71. The normalized spacial score (nSPS) is 12.2. The summed E-state index contributed by atoms with van der Waals surface area (Å²) in [6, 6.07) is 2.00. The monoisotopic (exact) mass is 359 g/mol. The maximum atomic E-state index is 11.8. The van der Waals surface area contributed by atoms with Gasteiger partial charge in [-0.15, -0.1) is 0 Å². The molecule has 1 unspecified atom stereocenters. The standard InChI is InChI=1S/C16H22ClNO6/c1-16(2,3)24-15(21)18-11(14(19)20)7-9-6-10(17)13(23-5)12(8-9)22-4/h6,8,11H,7H2,1-5H3,(H,18,21)(H,19,20). The van der Waals surface area contributed by atoms with E-state index in [0.717, 1.165) is 0 Å². The minimum Gasteiger partial charge on any atom is -0.493 e. The van der Waals surface area contributed by atoms with E-state index < -0.39 is 23.7 Å². The average Bonchev–Trinajstić information content (AvgIpc) is 2.43. The maximum absolute atomic E-state index is 11.8. The van der Waals surface area contributed by atoms with Crippen LogP contribution in [-0.4, -0.2) is 43.0 Å². The van der Waals surface area contributed by atoms with Crippen LogP contribution in [0.1, 0.15) is 26.3 Å². The van der Waals surface area contributed by atoms with Crippen LogP contribution in [0, 0.1) is 0 Å². The van der Waals surface area contributed by atoms with E-state index in [1.807, 2.05) is 0 Å². The third-order valence-corrected chi connectivity index (χ3v) is 3.20. The molecule has 1 amide bonds. The quantitative estimate of drug-likeness (QED) is 0.811. The number of alkyl carbamates (subject to hydrolysis) is 1. The first-order valence-corrected chi connectivity index (χ1v) is 7.58. The van der Waals surface area contributed by atoms with E-state index in [2.05, 4.69) is 5.32 Å². The Morgan fingerprint density at radius 3 is 2.33 bits per heavy atom. The lowest BCUT2D eigenvalue weighted by Crippen LogP contribution is -2.44. The number of rotatable bonds is 6. The van der Waals surface area contributed by atoms with Crippen molar-refractivity contribution in [3.05, 3.63) is 22.7 Å². The Morgan fingerprint density at radius 1 is 1.25 bits per heavy atom. The highest BCUT2D eigenvalue weighted by Crippen LogP contribution is 2.36. The number of carbonyl (C=O) groups is 2. The van der Waals surface area contributed by atoms with Crippen molar-refractivity contribution in [3.63, 3.8) is 0 Å². The molecule has 7 nitrogen and oxygen atoms in total. The number of halogens is 1. The second kappa shape index (κ2) is 8.10. The molecule has 8 heteroatoms. The molecular formula is C16H22ClNO6. The molecule has 1 atom stereocenters. The Morgan fingerprint density at radius 2 is 1.88 bits per heavy atom. The molecule has 0 spiro atoms. The number of aliphatic carboxylic acids is 1. The third-order valence-electron chi connectivity index (χ3n) is 2.92. The minimum atomic E-state index is -1.19. The molecule has 1 aromatic carbocycles.